The van der Waals surface area contributed by atoms with Crippen LogP contribution in [0.1, 0.15) is 59.3 Å². The summed E-state index contributed by atoms with van der Waals surface area (Å²) in [6.07, 6.45) is 4.95. The second-order valence-electron chi connectivity index (χ2n) is 8.88. The van der Waals surface area contributed by atoms with Gasteiger partial charge in [-0.25, -0.2) is 0 Å². The average molecular weight is 405 g/mol. The Hall–Kier alpha value is -2.37. The first-order valence-electron chi connectivity index (χ1n) is 11.5. The van der Waals surface area contributed by atoms with E-state index >= 15 is 0 Å². The van der Waals surface area contributed by atoms with Crippen LogP contribution in [-0.4, -0.2) is 43.5 Å². The molecular formula is C25H32N4O. The van der Waals surface area contributed by atoms with Crippen molar-refractivity contribution in [1.82, 2.24) is 15.5 Å². The number of benzene rings is 2. The summed E-state index contributed by atoms with van der Waals surface area (Å²) in [5.41, 5.74) is 4.49. The lowest BCUT2D eigenvalue weighted by Crippen LogP contribution is -2.42. The number of hydrogen-bond acceptors (Lipinski definition) is 4. The molecule has 0 aliphatic carbocycles. The van der Waals surface area contributed by atoms with Crippen LogP contribution in [0.5, 0.6) is 0 Å². The Bertz CT molecular complexity index is 878. The van der Waals surface area contributed by atoms with E-state index in [0.29, 0.717) is 18.5 Å². The summed E-state index contributed by atoms with van der Waals surface area (Å²) in [4.78, 5) is 15.2. The largest absolute Gasteiger partial charge is 0.378 e. The fourth-order valence-electron chi connectivity index (χ4n) is 5.41. The van der Waals surface area contributed by atoms with Crippen molar-refractivity contribution < 1.29 is 4.79 Å². The van der Waals surface area contributed by atoms with Crippen LogP contribution < -0.4 is 16.0 Å². The molecule has 5 rings (SSSR count). The number of hydrogen-bond donors (Lipinski definition) is 3. The number of likely N-dealkylation sites (tertiary alicyclic amines) is 1. The van der Waals surface area contributed by atoms with E-state index < -0.39 is 0 Å². The Morgan fingerprint density at radius 2 is 1.87 bits per heavy atom. The van der Waals surface area contributed by atoms with E-state index in [1.165, 1.54) is 36.8 Å². The maximum Gasteiger partial charge on any atom is 0.251 e. The minimum atomic E-state index is 0.0366. The molecule has 3 aliphatic heterocycles. The number of nitrogens with zero attached hydrogens (tertiary/aromatic N) is 1. The highest BCUT2D eigenvalue weighted by molar-refractivity contribution is 5.95. The molecule has 1 unspecified atom stereocenters. The second kappa shape index (κ2) is 8.78. The molecular weight excluding hydrogens is 372 g/mol. The van der Waals surface area contributed by atoms with E-state index in [-0.39, 0.29) is 11.9 Å². The molecule has 2 saturated heterocycles. The molecule has 2 fully saturated rings. The van der Waals surface area contributed by atoms with Crippen LogP contribution in [0, 0.1) is 5.92 Å². The summed E-state index contributed by atoms with van der Waals surface area (Å²) in [5.74, 6) is 0.525. The molecule has 30 heavy (non-hydrogen) atoms. The van der Waals surface area contributed by atoms with Gasteiger partial charge in [0.05, 0.1) is 6.04 Å². The van der Waals surface area contributed by atoms with Crippen LogP contribution in [-0.2, 0) is 0 Å². The second-order valence-corrected chi connectivity index (χ2v) is 8.88. The molecule has 0 bridgehead atoms. The van der Waals surface area contributed by atoms with E-state index in [1.807, 2.05) is 6.07 Å². The minimum absolute atomic E-state index is 0.0366. The summed E-state index contributed by atoms with van der Waals surface area (Å²) in [5, 5.41) is 10.6. The molecule has 3 aliphatic rings. The van der Waals surface area contributed by atoms with E-state index in [2.05, 4.69) is 63.3 Å². The van der Waals surface area contributed by atoms with Crippen LogP contribution in [0.3, 0.4) is 0 Å². The maximum atomic E-state index is 12.8. The summed E-state index contributed by atoms with van der Waals surface area (Å²) >= 11 is 0. The zero-order valence-corrected chi connectivity index (χ0v) is 17.6. The van der Waals surface area contributed by atoms with Crippen molar-refractivity contribution in [1.29, 1.82) is 0 Å². The SMILES string of the molecule is O=C(NCCN1CCCC1)c1ccc2c(c1)[C@H]1NCCC[C@H]1C(c1ccccc1)N2. The molecule has 5 nitrogen and oxygen atoms in total. The van der Waals surface area contributed by atoms with E-state index in [1.54, 1.807) is 0 Å². The number of nitrogens with one attached hydrogen (secondary N) is 3. The first-order chi connectivity index (χ1) is 14.8. The Kier molecular flexibility index (Phi) is 5.73. The van der Waals surface area contributed by atoms with Gasteiger partial charge < -0.3 is 20.9 Å². The number of fused-ring (bicyclic) bond motifs is 3. The van der Waals surface area contributed by atoms with Crippen LogP contribution in [0.25, 0.3) is 0 Å². The van der Waals surface area contributed by atoms with E-state index in [4.69, 9.17) is 0 Å². The highest BCUT2D eigenvalue weighted by Crippen LogP contribution is 2.46. The van der Waals surface area contributed by atoms with Gasteiger partial charge >= 0.3 is 0 Å². The molecule has 2 aromatic rings. The number of carbonyl (C=O) groups excluding carboxylic acids is 1. The van der Waals surface area contributed by atoms with Crippen molar-refractivity contribution >= 4 is 11.6 Å². The van der Waals surface area contributed by atoms with Gasteiger partial charge in [0, 0.05) is 36.3 Å². The van der Waals surface area contributed by atoms with Crippen LogP contribution in [0.15, 0.2) is 48.5 Å². The molecule has 2 aromatic carbocycles. The van der Waals surface area contributed by atoms with Crippen LogP contribution >= 0.6 is 0 Å². The van der Waals surface area contributed by atoms with Crippen molar-refractivity contribution in [2.45, 2.75) is 37.8 Å². The Morgan fingerprint density at radius 1 is 1.03 bits per heavy atom. The first kappa shape index (κ1) is 19.6. The Morgan fingerprint density at radius 3 is 2.70 bits per heavy atom. The van der Waals surface area contributed by atoms with Crippen molar-refractivity contribution in [3.05, 3.63) is 65.2 Å². The fourth-order valence-corrected chi connectivity index (χ4v) is 5.41. The quantitative estimate of drug-likeness (QED) is 0.711. The third-order valence-corrected chi connectivity index (χ3v) is 6.97. The number of carbonyl (C=O) groups is 1. The van der Waals surface area contributed by atoms with Gasteiger partial charge in [-0.15, -0.1) is 0 Å². The van der Waals surface area contributed by atoms with Gasteiger partial charge in [-0.05, 0) is 74.6 Å². The normalized spacial score (nSPS) is 25.8. The van der Waals surface area contributed by atoms with Gasteiger partial charge in [0.15, 0.2) is 0 Å². The zero-order chi connectivity index (χ0) is 20.3. The van der Waals surface area contributed by atoms with Crippen molar-refractivity contribution in [2.75, 3.05) is 38.0 Å². The van der Waals surface area contributed by atoms with Gasteiger partial charge in [-0.3, -0.25) is 4.79 Å². The monoisotopic (exact) mass is 404 g/mol. The summed E-state index contributed by atoms with van der Waals surface area (Å²) < 4.78 is 0. The third kappa shape index (κ3) is 3.96. The predicted molar refractivity (Wildman–Crippen MR) is 121 cm³/mol. The van der Waals surface area contributed by atoms with Gasteiger partial charge in [0.2, 0.25) is 0 Å². The topological polar surface area (TPSA) is 56.4 Å². The maximum absolute atomic E-state index is 12.8. The molecule has 0 radical (unpaired) electrons. The smallest absolute Gasteiger partial charge is 0.251 e. The molecule has 5 heteroatoms. The summed E-state index contributed by atoms with van der Waals surface area (Å²) in [6.45, 7) is 5.03. The molecule has 3 atom stereocenters. The van der Waals surface area contributed by atoms with Crippen molar-refractivity contribution in [2.24, 2.45) is 5.92 Å². The highest BCUT2D eigenvalue weighted by Gasteiger charge is 2.38. The lowest BCUT2D eigenvalue weighted by molar-refractivity contribution is 0.0949. The van der Waals surface area contributed by atoms with Crippen LogP contribution in [0.4, 0.5) is 5.69 Å². The fraction of sp³-hybridized carbons (Fsp3) is 0.480. The molecule has 0 aromatic heterocycles. The third-order valence-electron chi connectivity index (χ3n) is 6.97. The number of amides is 1. The van der Waals surface area contributed by atoms with Gasteiger partial charge in [0.1, 0.15) is 0 Å². The first-order valence-corrected chi connectivity index (χ1v) is 11.5. The Balaban J connectivity index is 1.33. The molecule has 0 spiro atoms. The summed E-state index contributed by atoms with van der Waals surface area (Å²) in [6, 6.07) is 17.5. The minimum Gasteiger partial charge on any atom is -0.378 e. The van der Waals surface area contributed by atoms with Crippen molar-refractivity contribution in [3.8, 4) is 0 Å². The van der Waals surface area contributed by atoms with Crippen LogP contribution in [0.2, 0.25) is 0 Å². The van der Waals surface area contributed by atoms with E-state index in [9.17, 15) is 4.79 Å². The summed E-state index contributed by atoms with van der Waals surface area (Å²) in [7, 11) is 0. The van der Waals surface area contributed by atoms with Crippen molar-refractivity contribution in [3.63, 3.8) is 0 Å². The molecule has 0 saturated carbocycles. The highest BCUT2D eigenvalue weighted by atomic mass is 16.1. The van der Waals surface area contributed by atoms with Gasteiger partial charge in [-0.2, -0.15) is 0 Å². The zero-order valence-electron chi connectivity index (χ0n) is 17.6. The van der Waals surface area contributed by atoms with Gasteiger partial charge in [0.25, 0.3) is 5.91 Å². The number of anilines is 1. The number of piperidine rings is 1. The molecule has 3 heterocycles. The van der Waals surface area contributed by atoms with E-state index in [0.717, 1.165) is 37.4 Å². The molecule has 158 valence electrons. The molecule has 3 N–H and O–H groups in total. The lowest BCUT2D eigenvalue weighted by atomic mass is 9.75. The number of rotatable bonds is 5. The average Bonchev–Trinajstić information content (AvgIpc) is 3.32. The Labute approximate surface area is 179 Å². The lowest BCUT2D eigenvalue weighted by Gasteiger charge is -2.44. The molecule has 1 amide bonds. The standard InChI is InChI=1S/C25H32N4O/c30-25(27-13-16-29-14-4-5-15-29)19-10-11-22-21(17-19)24-20(9-6-12-26-24)23(28-22)18-7-2-1-3-8-18/h1-3,7-8,10-11,17,20,23-24,26,28H,4-6,9,12-16H2,(H,27,30)/t20-,23?,24-/m0/s1. The van der Waals surface area contributed by atoms with Gasteiger partial charge in [-0.1, -0.05) is 30.3 Å². The predicted octanol–water partition coefficient (Wildman–Crippen LogP) is 3.72.